The maximum atomic E-state index is 9.46. The van der Waals surface area contributed by atoms with E-state index in [2.05, 4.69) is 39.0 Å². The topological polar surface area (TPSA) is 23.8 Å². The van der Waals surface area contributed by atoms with E-state index in [0.29, 0.717) is 10.8 Å². The Labute approximate surface area is 98.5 Å². The first-order chi connectivity index (χ1) is 7.46. The summed E-state index contributed by atoms with van der Waals surface area (Å²) in [4.78, 5) is 0. The molecule has 86 valence electrons. The predicted octanol–water partition coefficient (Wildman–Crippen LogP) is 3.92. The van der Waals surface area contributed by atoms with Crippen LogP contribution in [-0.4, -0.2) is 0 Å². The summed E-state index contributed by atoms with van der Waals surface area (Å²) in [5, 5.41) is 9.46. The summed E-state index contributed by atoms with van der Waals surface area (Å²) >= 11 is 0. The van der Waals surface area contributed by atoms with E-state index in [1.54, 1.807) is 0 Å². The van der Waals surface area contributed by atoms with Gasteiger partial charge in [-0.25, -0.2) is 0 Å². The smallest absolute Gasteiger partial charge is 0.0665 e. The minimum atomic E-state index is 0.214. The number of rotatable bonds is 0. The quantitative estimate of drug-likeness (QED) is 0.562. The molecule has 1 spiro atoms. The second-order valence-electron chi connectivity index (χ2n) is 7.08. The Morgan fingerprint density at radius 3 is 2.69 bits per heavy atom. The zero-order chi connectivity index (χ0) is 11.6. The molecule has 0 N–H and O–H groups in total. The summed E-state index contributed by atoms with van der Waals surface area (Å²) in [5.74, 6) is 0.997. The molecule has 2 fully saturated rings. The molecule has 4 atom stereocenters. The van der Waals surface area contributed by atoms with E-state index in [1.165, 1.54) is 19.3 Å². The summed E-state index contributed by atoms with van der Waals surface area (Å²) in [6.07, 6.45) is 9.61. The molecule has 0 aliphatic heterocycles. The largest absolute Gasteiger partial charge is 0.198 e. The highest BCUT2D eigenvalue weighted by molar-refractivity contribution is 5.31. The SMILES string of the molecule is CC1(C)C[C@@]2(C)CC=C[C@]23[C@H](C#N)CC[C@H]13. The van der Waals surface area contributed by atoms with E-state index in [9.17, 15) is 5.26 Å². The molecule has 3 rings (SSSR count). The highest BCUT2D eigenvalue weighted by atomic mass is 14.7. The first kappa shape index (κ1) is 10.4. The fourth-order valence-corrected chi connectivity index (χ4v) is 5.58. The molecule has 0 radical (unpaired) electrons. The monoisotopic (exact) mass is 215 g/mol. The van der Waals surface area contributed by atoms with Gasteiger partial charge in [0, 0.05) is 5.41 Å². The van der Waals surface area contributed by atoms with Gasteiger partial charge in [0.15, 0.2) is 0 Å². The van der Waals surface area contributed by atoms with Gasteiger partial charge in [-0.05, 0) is 42.4 Å². The third kappa shape index (κ3) is 0.887. The van der Waals surface area contributed by atoms with Crippen molar-refractivity contribution in [2.45, 2.75) is 46.5 Å². The highest BCUT2D eigenvalue weighted by Gasteiger charge is 2.69. The van der Waals surface area contributed by atoms with Crippen LogP contribution < -0.4 is 0 Å². The molecule has 0 heterocycles. The maximum absolute atomic E-state index is 9.46. The Kier molecular flexibility index (Phi) is 1.77. The molecular formula is C15H21N. The van der Waals surface area contributed by atoms with Gasteiger partial charge in [-0.1, -0.05) is 32.9 Å². The molecule has 1 nitrogen and oxygen atoms in total. The summed E-state index contributed by atoms with van der Waals surface area (Å²) in [6, 6.07) is 2.61. The molecule has 0 amide bonds. The fourth-order valence-electron chi connectivity index (χ4n) is 5.58. The Bertz CT molecular complexity index is 400. The van der Waals surface area contributed by atoms with Gasteiger partial charge in [0.2, 0.25) is 0 Å². The fraction of sp³-hybridized carbons (Fsp3) is 0.800. The van der Waals surface area contributed by atoms with Crippen LogP contribution in [0.1, 0.15) is 46.5 Å². The van der Waals surface area contributed by atoms with E-state index in [4.69, 9.17) is 0 Å². The van der Waals surface area contributed by atoms with Gasteiger partial charge < -0.3 is 0 Å². The van der Waals surface area contributed by atoms with Crippen LogP contribution in [0.4, 0.5) is 0 Å². The molecule has 3 aliphatic rings. The Morgan fingerprint density at radius 2 is 2.00 bits per heavy atom. The third-order valence-electron chi connectivity index (χ3n) is 5.85. The van der Waals surface area contributed by atoms with Gasteiger partial charge >= 0.3 is 0 Å². The van der Waals surface area contributed by atoms with E-state index in [0.717, 1.165) is 12.3 Å². The van der Waals surface area contributed by atoms with Crippen LogP contribution in [0.15, 0.2) is 12.2 Å². The Morgan fingerprint density at radius 1 is 1.25 bits per heavy atom. The second kappa shape index (κ2) is 2.73. The Balaban J connectivity index is 2.18. The lowest BCUT2D eigenvalue weighted by Gasteiger charge is -2.40. The molecule has 16 heavy (non-hydrogen) atoms. The summed E-state index contributed by atoms with van der Waals surface area (Å²) < 4.78 is 0. The normalized spacial score (nSPS) is 52.4. The molecule has 0 unspecified atom stereocenters. The second-order valence-corrected chi connectivity index (χ2v) is 7.08. The molecule has 0 aromatic rings. The van der Waals surface area contributed by atoms with Gasteiger partial charge in [0.1, 0.15) is 0 Å². The highest BCUT2D eigenvalue weighted by Crippen LogP contribution is 2.75. The van der Waals surface area contributed by atoms with Gasteiger partial charge in [0.05, 0.1) is 12.0 Å². The van der Waals surface area contributed by atoms with Crippen LogP contribution in [-0.2, 0) is 0 Å². The van der Waals surface area contributed by atoms with E-state index >= 15 is 0 Å². The lowest BCUT2D eigenvalue weighted by atomic mass is 9.62. The zero-order valence-electron chi connectivity index (χ0n) is 10.6. The van der Waals surface area contributed by atoms with Crippen LogP contribution in [0.2, 0.25) is 0 Å². The van der Waals surface area contributed by atoms with Gasteiger partial charge in [0.25, 0.3) is 0 Å². The molecule has 0 saturated heterocycles. The van der Waals surface area contributed by atoms with E-state index in [1.807, 2.05) is 0 Å². The van der Waals surface area contributed by atoms with Gasteiger partial charge in [-0.15, -0.1) is 0 Å². The van der Waals surface area contributed by atoms with E-state index < -0.39 is 0 Å². The molecule has 0 aromatic carbocycles. The number of nitrogens with zero attached hydrogens (tertiary/aromatic N) is 1. The van der Waals surface area contributed by atoms with Crippen molar-refractivity contribution in [3.8, 4) is 6.07 Å². The van der Waals surface area contributed by atoms with Crippen LogP contribution >= 0.6 is 0 Å². The van der Waals surface area contributed by atoms with Crippen LogP contribution in [0, 0.1) is 39.4 Å². The number of nitriles is 1. The number of hydrogen-bond acceptors (Lipinski definition) is 1. The lowest BCUT2D eigenvalue weighted by Crippen LogP contribution is -2.37. The molecule has 1 heteroatoms. The predicted molar refractivity (Wildman–Crippen MR) is 64.5 cm³/mol. The summed E-state index contributed by atoms with van der Waals surface area (Å²) in [7, 11) is 0. The van der Waals surface area contributed by atoms with Crippen molar-refractivity contribution in [3.63, 3.8) is 0 Å². The van der Waals surface area contributed by atoms with E-state index in [-0.39, 0.29) is 11.3 Å². The van der Waals surface area contributed by atoms with Crippen LogP contribution in [0.3, 0.4) is 0 Å². The van der Waals surface area contributed by atoms with Crippen molar-refractivity contribution in [2.75, 3.05) is 0 Å². The van der Waals surface area contributed by atoms with Crippen LogP contribution in [0.5, 0.6) is 0 Å². The number of hydrogen-bond donors (Lipinski definition) is 0. The lowest BCUT2D eigenvalue weighted by molar-refractivity contribution is 0.110. The average Bonchev–Trinajstić information content (AvgIpc) is 2.74. The minimum absolute atomic E-state index is 0.214. The molecular weight excluding hydrogens is 194 g/mol. The van der Waals surface area contributed by atoms with Crippen molar-refractivity contribution < 1.29 is 0 Å². The third-order valence-corrected chi connectivity index (χ3v) is 5.85. The minimum Gasteiger partial charge on any atom is -0.198 e. The molecule has 3 aliphatic carbocycles. The average molecular weight is 215 g/mol. The zero-order valence-corrected chi connectivity index (χ0v) is 10.6. The van der Waals surface area contributed by atoms with Crippen molar-refractivity contribution in [1.29, 1.82) is 5.26 Å². The number of allylic oxidation sites excluding steroid dienone is 2. The van der Waals surface area contributed by atoms with Crippen LogP contribution in [0.25, 0.3) is 0 Å². The summed E-state index contributed by atoms with van der Waals surface area (Å²) in [6.45, 7) is 7.25. The standard InChI is InChI=1S/C15H21N/c1-13(2)10-14(3)7-4-8-15(14)11(9-16)5-6-12(13)15/h4,8,11-12H,5-7,10H2,1-3H3/t11-,12+,14+,15+/m0/s1. The maximum Gasteiger partial charge on any atom is 0.0665 e. The molecule has 0 aromatic heterocycles. The Hall–Kier alpha value is -0.770. The van der Waals surface area contributed by atoms with Crippen molar-refractivity contribution >= 4 is 0 Å². The first-order valence-electron chi connectivity index (χ1n) is 6.54. The van der Waals surface area contributed by atoms with Gasteiger partial charge in [-0.2, -0.15) is 5.26 Å². The van der Waals surface area contributed by atoms with Crippen molar-refractivity contribution in [1.82, 2.24) is 0 Å². The van der Waals surface area contributed by atoms with Gasteiger partial charge in [-0.3, -0.25) is 0 Å². The molecule has 2 saturated carbocycles. The van der Waals surface area contributed by atoms with Crippen molar-refractivity contribution in [3.05, 3.63) is 12.2 Å². The summed E-state index contributed by atoms with van der Waals surface area (Å²) in [5.41, 5.74) is 0.994. The molecule has 0 bridgehead atoms. The first-order valence-corrected chi connectivity index (χ1v) is 6.54. The van der Waals surface area contributed by atoms with Crippen molar-refractivity contribution in [2.24, 2.45) is 28.1 Å².